The lowest BCUT2D eigenvalue weighted by Gasteiger charge is -2.28. The number of carboxylic acids is 1. The average molecular weight is 497 g/mol. The van der Waals surface area contributed by atoms with E-state index in [0.29, 0.717) is 25.1 Å². The Labute approximate surface area is 210 Å². The SMILES string of the molecule is CCC(CNC(=O)OCC1c2ccccc2-c2ccccc21)CC(=O)N1C(CC)SCC1C(=O)O. The highest BCUT2D eigenvalue weighted by Crippen LogP contribution is 2.44. The molecule has 1 saturated heterocycles. The number of aliphatic carboxylic acids is 1. The minimum atomic E-state index is -0.966. The van der Waals surface area contributed by atoms with Gasteiger partial charge in [0.1, 0.15) is 12.6 Å². The Balaban J connectivity index is 1.31. The summed E-state index contributed by atoms with van der Waals surface area (Å²) in [6, 6.07) is 15.6. The van der Waals surface area contributed by atoms with Gasteiger partial charge in [-0.2, -0.15) is 0 Å². The maximum Gasteiger partial charge on any atom is 0.407 e. The number of nitrogens with one attached hydrogen (secondary N) is 1. The predicted molar refractivity (Wildman–Crippen MR) is 136 cm³/mol. The van der Waals surface area contributed by atoms with E-state index in [1.165, 1.54) is 27.8 Å². The number of hydrogen-bond acceptors (Lipinski definition) is 5. The van der Waals surface area contributed by atoms with Crippen LogP contribution in [0.2, 0.25) is 0 Å². The number of fused-ring (bicyclic) bond motifs is 3. The third-order valence-corrected chi connectivity index (χ3v) is 8.39. The minimum absolute atomic E-state index is 0.0108. The molecule has 1 fully saturated rings. The van der Waals surface area contributed by atoms with Crippen molar-refractivity contribution >= 4 is 29.7 Å². The molecule has 0 aromatic heterocycles. The molecule has 1 aliphatic heterocycles. The van der Waals surface area contributed by atoms with Crippen molar-refractivity contribution < 1.29 is 24.2 Å². The highest BCUT2D eigenvalue weighted by molar-refractivity contribution is 8.00. The molecule has 3 atom stereocenters. The fraction of sp³-hybridized carbons (Fsp3) is 0.444. The molecule has 2 amide bonds. The molecule has 2 N–H and O–H groups in total. The second-order valence-corrected chi connectivity index (χ2v) is 10.2. The van der Waals surface area contributed by atoms with Crippen LogP contribution in [0.1, 0.15) is 50.2 Å². The highest BCUT2D eigenvalue weighted by Gasteiger charge is 2.41. The van der Waals surface area contributed by atoms with Crippen LogP contribution in [0, 0.1) is 5.92 Å². The van der Waals surface area contributed by atoms with Gasteiger partial charge in [0.2, 0.25) is 5.91 Å². The van der Waals surface area contributed by atoms with E-state index in [-0.39, 0.29) is 36.1 Å². The molecule has 0 radical (unpaired) electrons. The van der Waals surface area contributed by atoms with Gasteiger partial charge in [0.15, 0.2) is 0 Å². The van der Waals surface area contributed by atoms with Gasteiger partial charge in [-0.05, 0) is 34.6 Å². The van der Waals surface area contributed by atoms with Crippen LogP contribution in [0.25, 0.3) is 11.1 Å². The Hall–Kier alpha value is -3.00. The first-order valence-electron chi connectivity index (χ1n) is 12.2. The van der Waals surface area contributed by atoms with Gasteiger partial charge in [0.25, 0.3) is 0 Å². The first-order chi connectivity index (χ1) is 16.9. The number of nitrogens with zero attached hydrogens (tertiary/aromatic N) is 1. The first kappa shape index (κ1) is 25.1. The van der Waals surface area contributed by atoms with Gasteiger partial charge >= 0.3 is 12.1 Å². The molecule has 3 unspecified atom stereocenters. The summed E-state index contributed by atoms with van der Waals surface area (Å²) in [6.45, 7) is 4.45. The number of amides is 2. The van der Waals surface area contributed by atoms with E-state index in [2.05, 4.69) is 29.6 Å². The Bertz CT molecular complexity index is 1050. The summed E-state index contributed by atoms with van der Waals surface area (Å²) in [6.07, 6.45) is 1.07. The Kier molecular flexibility index (Phi) is 8.00. The van der Waals surface area contributed by atoms with E-state index in [1.807, 2.05) is 38.1 Å². The van der Waals surface area contributed by atoms with Crippen molar-refractivity contribution in [1.82, 2.24) is 10.2 Å². The zero-order chi connectivity index (χ0) is 24.9. The molecule has 1 heterocycles. The summed E-state index contributed by atoms with van der Waals surface area (Å²) in [5.41, 5.74) is 4.65. The van der Waals surface area contributed by atoms with Crippen LogP contribution >= 0.6 is 11.8 Å². The van der Waals surface area contributed by atoms with Gasteiger partial charge in [-0.3, -0.25) is 4.79 Å². The Morgan fingerprint density at radius 2 is 1.71 bits per heavy atom. The molecule has 0 bridgehead atoms. The number of carbonyl (C=O) groups excluding carboxylic acids is 2. The van der Waals surface area contributed by atoms with Crippen molar-refractivity contribution in [2.75, 3.05) is 18.9 Å². The van der Waals surface area contributed by atoms with Gasteiger partial charge in [0.05, 0.1) is 5.37 Å². The molecular formula is C27H32N2O5S. The molecule has 7 nitrogen and oxygen atoms in total. The normalized spacial score (nSPS) is 19.7. The van der Waals surface area contributed by atoms with Crippen molar-refractivity contribution in [2.24, 2.45) is 5.92 Å². The van der Waals surface area contributed by atoms with Crippen LogP contribution in [0.4, 0.5) is 4.79 Å². The summed E-state index contributed by atoms with van der Waals surface area (Å²) in [5, 5.41) is 12.2. The number of hydrogen-bond donors (Lipinski definition) is 2. The number of carbonyl (C=O) groups is 3. The van der Waals surface area contributed by atoms with Gasteiger partial charge in [-0.15, -0.1) is 11.8 Å². The zero-order valence-corrected chi connectivity index (χ0v) is 20.9. The molecule has 2 aromatic rings. The van der Waals surface area contributed by atoms with Gasteiger partial charge in [-0.25, -0.2) is 9.59 Å². The van der Waals surface area contributed by atoms with Crippen LogP contribution in [-0.2, 0) is 14.3 Å². The monoisotopic (exact) mass is 496 g/mol. The molecule has 1 aliphatic carbocycles. The minimum Gasteiger partial charge on any atom is -0.480 e. The fourth-order valence-electron chi connectivity index (χ4n) is 4.99. The molecule has 0 saturated carbocycles. The number of carboxylic acid groups (broad SMARTS) is 1. The molecule has 4 rings (SSSR count). The molecular weight excluding hydrogens is 464 g/mol. The Morgan fingerprint density at radius 3 is 2.29 bits per heavy atom. The first-order valence-corrected chi connectivity index (χ1v) is 13.2. The molecule has 0 spiro atoms. The number of thioether (sulfide) groups is 1. The lowest BCUT2D eigenvalue weighted by molar-refractivity contribution is -0.149. The standard InChI is InChI=1S/C27H32N2O5S/c1-3-17(13-24(30)29-23(26(31)32)16-35-25(29)4-2)14-28-27(33)34-15-22-20-11-7-5-9-18(20)19-10-6-8-12-21(19)22/h5-12,17,22-23,25H,3-4,13-16H2,1-2H3,(H,28,33)(H,31,32). The van der Waals surface area contributed by atoms with Gasteiger partial charge < -0.3 is 20.1 Å². The van der Waals surface area contributed by atoms with E-state index in [4.69, 9.17) is 4.74 Å². The second kappa shape index (κ2) is 11.2. The van der Waals surface area contributed by atoms with Crippen molar-refractivity contribution in [3.63, 3.8) is 0 Å². The number of alkyl carbamates (subject to hydrolysis) is 1. The van der Waals surface area contributed by atoms with Crippen molar-refractivity contribution in [3.8, 4) is 11.1 Å². The second-order valence-electron chi connectivity index (χ2n) is 9.04. The van der Waals surface area contributed by atoms with Crippen LogP contribution in [0.3, 0.4) is 0 Å². The van der Waals surface area contributed by atoms with E-state index < -0.39 is 18.1 Å². The number of benzene rings is 2. The summed E-state index contributed by atoms with van der Waals surface area (Å²) in [4.78, 5) is 38.6. The summed E-state index contributed by atoms with van der Waals surface area (Å²) in [5.74, 6) is -0.833. The van der Waals surface area contributed by atoms with Crippen molar-refractivity contribution in [3.05, 3.63) is 59.7 Å². The molecule has 186 valence electrons. The van der Waals surface area contributed by atoms with Crippen molar-refractivity contribution in [1.29, 1.82) is 0 Å². The maximum absolute atomic E-state index is 13.0. The van der Waals surface area contributed by atoms with E-state index in [0.717, 1.165) is 11.1 Å². The number of rotatable bonds is 9. The van der Waals surface area contributed by atoms with Crippen LogP contribution in [-0.4, -0.2) is 58.3 Å². The lowest BCUT2D eigenvalue weighted by Crippen LogP contribution is -2.46. The van der Waals surface area contributed by atoms with E-state index in [9.17, 15) is 19.5 Å². The van der Waals surface area contributed by atoms with Gasteiger partial charge in [-0.1, -0.05) is 68.8 Å². The maximum atomic E-state index is 13.0. The van der Waals surface area contributed by atoms with Crippen LogP contribution < -0.4 is 5.32 Å². The van der Waals surface area contributed by atoms with Crippen molar-refractivity contribution in [2.45, 2.75) is 50.4 Å². The lowest BCUT2D eigenvalue weighted by atomic mass is 9.98. The molecule has 8 heteroatoms. The Morgan fingerprint density at radius 1 is 1.09 bits per heavy atom. The quantitative estimate of drug-likeness (QED) is 0.522. The zero-order valence-electron chi connectivity index (χ0n) is 20.1. The molecule has 2 aliphatic rings. The smallest absolute Gasteiger partial charge is 0.407 e. The summed E-state index contributed by atoms with van der Waals surface area (Å²) < 4.78 is 5.60. The largest absolute Gasteiger partial charge is 0.480 e. The number of ether oxygens (including phenoxy) is 1. The topological polar surface area (TPSA) is 95.9 Å². The highest BCUT2D eigenvalue weighted by atomic mass is 32.2. The van der Waals surface area contributed by atoms with Gasteiger partial charge in [0, 0.05) is 24.6 Å². The molecule has 2 aromatic carbocycles. The third-order valence-electron chi connectivity index (χ3n) is 6.93. The van der Waals surface area contributed by atoms with E-state index >= 15 is 0 Å². The molecule has 35 heavy (non-hydrogen) atoms. The average Bonchev–Trinajstić information content (AvgIpc) is 3.45. The predicted octanol–water partition coefficient (Wildman–Crippen LogP) is 4.71. The summed E-state index contributed by atoms with van der Waals surface area (Å²) >= 11 is 1.51. The summed E-state index contributed by atoms with van der Waals surface area (Å²) in [7, 11) is 0. The van der Waals surface area contributed by atoms with Crippen LogP contribution in [0.15, 0.2) is 48.5 Å². The van der Waals surface area contributed by atoms with Crippen LogP contribution in [0.5, 0.6) is 0 Å². The van der Waals surface area contributed by atoms with E-state index in [1.54, 1.807) is 0 Å². The fourth-order valence-corrected chi connectivity index (χ4v) is 6.36. The third kappa shape index (κ3) is 5.32.